The van der Waals surface area contributed by atoms with Crippen molar-refractivity contribution >= 4 is 37.5 Å². The van der Waals surface area contributed by atoms with Crippen LogP contribution in [-0.4, -0.2) is 60.5 Å². The molecule has 0 amide bonds. The van der Waals surface area contributed by atoms with E-state index in [1.807, 2.05) is 33.8 Å². The second kappa shape index (κ2) is 10.5. The van der Waals surface area contributed by atoms with Gasteiger partial charge in [0.1, 0.15) is 24.5 Å². The third-order valence-corrected chi connectivity index (χ3v) is 9.87. The maximum atomic E-state index is 14.9. The summed E-state index contributed by atoms with van der Waals surface area (Å²) in [6.45, 7) is 15.5. The number of ether oxygens (including phenoxy) is 1. The molecule has 0 spiro atoms. The van der Waals surface area contributed by atoms with E-state index in [0.29, 0.717) is 28.9 Å². The summed E-state index contributed by atoms with van der Waals surface area (Å²) in [5, 5.41) is 5.43. The number of anilines is 1. The third kappa shape index (κ3) is 5.68. The van der Waals surface area contributed by atoms with Gasteiger partial charge in [-0.1, -0.05) is 19.6 Å². The summed E-state index contributed by atoms with van der Waals surface area (Å²) in [5.74, 6) is -0.724. The average Bonchev–Trinajstić information content (AvgIpc) is 3.48. The van der Waals surface area contributed by atoms with Crippen molar-refractivity contribution in [1.82, 2.24) is 14.8 Å². The van der Waals surface area contributed by atoms with Crippen LogP contribution in [0.5, 0.6) is 0 Å². The fourth-order valence-corrected chi connectivity index (χ4v) is 5.84. The first kappa shape index (κ1) is 29.1. The minimum atomic E-state index is -1.29. The molecule has 5 rings (SSSR count). The van der Waals surface area contributed by atoms with Gasteiger partial charge in [0.2, 0.25) is 0 Å². The van der Waals surface area contributed by atoms with Crippen LogP contribution in [-0.2, 0) is 20.8 Å². The van der Waals surface area contributed by atoms with Crippen LogP contribution in [0, 0.1) is 11.6 Å². The molecule has 2 fully saturated rings. The summed E-state index contributed by atoms with van der Waals surface area (Å²) in [7, 11) is -1.95. The number of hydrogen-bond acceptors (Lipinski definition) is 6. The Morgan fingerprint density at radius 1 is 1.10 bits per heavy atom. The molecule has 0 aliphatic carbocycles. The van der Waals surface area contributed by atoms with E-state index in [1.54, 1.807) is 15.8 Å². The first-order valence-corrected chi connectivity index (χ1v) is 17.5. The smallest absolute Gasteiger partial charge is 0.399 e. The van der Waals surface area contributed by atoms with Crippen LogP contribution in [0.1, 0.15) is 45.7 Å². The van der Waals surface area contributed by atoms with Crippen LogP contribution < -0.4 is 10.4 Å². The lowest BCUT2D eigenvalue weighted by Crippen LogP contribution is -2.41. The van der Waals surface area contributed by atoms with Gasteiger partial charge in [0.25, 0.3) is 0 Å². The number of halogens is 3. The zero-order valence-corrected chi connectivity index (χ0v) is 25.3. The lowest BCUT2D eigenvalue weighted by molar-refractivity contribution is 0.00578. The number of hydrogen-bond donors (Lipinski definition) is 0. The van der Waals surface area contributed by atoms with E-state index in [2.05, 4.69) is 19.6 Å². The molecular formula is C28H38BF3N4O3Si. The maximum absolute atomic E-state index is 14.9. The Kier molecular flexibility index (Phi) is 7.60. The topological polar surface area (TPSA) is 61.6 Å². The zero-order chi connectivity index (χ0) is 29.0. The highest BCUT2D eigenvalue weighted by molar-refractivity contribution is 6.76. The second-order valence-corrected chi connectivity index (χ2v) is 18.7. The normalized spacial score (nSPS) is 22.6. The monoisotopic (exact) mass is 574 g/mol. The first-order valence-electron chi connectivity index (χ1n) is 13.8. The van der Waals surface area contributed by atoms with Gasteiger partial charge in [-0.3, -0.25) is 0 Å². The Morgan fingerprint density at radius 2 is 1.80 bits per heavy atom. The van der Waals surface area contributed by atoms with Crippen LogP contribution in [0.25, 0.3) is 11.0 Å². The predicted octanol–water partition coefficient (Wildman–Crippen LogP) is 5.61. The number of nitrogens with zero attached hydrogens (tertiary/aromatic N) is 4. The van der Waals surface area contributed by atoms with Crippen molar-refractivity contribution in [2.75, 3.05) is 18.1 Å². The average molecular weight is 575 g/mol. The largest absolute Gasteiger partial charge is 0.496 e. The van der Waals surface area contributed by atoms with E-state index in [-0.39, 0.29) is 25.3 Å². The number of pyridine rings is 1. The van der Waals surface area contributed by atoms with E-state index in [9.17, 15) is 13.2 Å². The van der Waals surface area contributed by atoms with Crippen molar-refractivity contribution in [3.63, 3.8) is 0 Å². The predicted molar refractivity (Wildman–Crippen MR) is 153 cm³/mol. The molecular weight excluding hydrogens is 536 g/mol. The van der Waals surface area contributed by atoms with E-state index in [4.69, 9.17) is 24.1 Å². The van der Waals surface area contributed by atoms with Crippen LogP contribution in [0.4, 0.5) is 19.0 Å². The molecule has 0 saturated carbocycles. The number of aromatic nitrogens is 3. The van der Waals surface area contributed by atoms with Gasteiger partial charge in [-0.15, -0.1) is 0 Å². The molecule has 4 heterocycles. The number of alkyl halides is 1. The molecule has 0 N–H and O–H groups in total. The molecule has 7 nitrogen and oxygen atoms in total. The molecule has 2 aliphatic rings. The van der Waals surface area contributed by atoms with Crippen molar-refractivity contribution in [3.8, 4) is 0 Å². The standard InChI is InChI=1S/C28H38BF3N4O3Si/c1-27(2)28(3,4)39-29(38-27)18-12-22-25(33-15-18)36(17-37-10-11-40(5,6)7)34-26(22)35-16-20(31)14-24(35)21-13-19(30)8-9-23(21)32/h8-9,12-13,15,20,24H,10-11,14,16-17H2,1-7H3/t20-,24+/m0/s1. The summed E-state index contributed by atoms with van der Waals surface area (Å²) < 4.78 is 64.0. The second-order valence-electron chi connectivity index (χ2n) is 13.1. The number of rotatable bonds is 8. The van der Waals surface area contributed by atoms with Gasteiger partial charge in [0.15, 0.2) is 11.5 Å². The molecule has 1 aromatic carbocycles. The van der Waals surface area contributed by atoms with Gasteiger partial charge in [0, 0.05) is 38.3 Å². The summed E-state index contributed by atoms with van der Waals surface area (Å²) in [4.78, 5) is 6.41. The molecule has 216 valence electrons. The third-order valence-electron chi connectivity index (χ3n) is 8.16. The lowest BCUT2D eigenvalue weighted by Gasteiger charge is -2.32. The highest BCUT2D eigenvalue weighted by atomic mass is 28.3. The minimum absolute atomic E-state index is 0.00999. The molecule has 2 aromatic heterocycles. The van der Waals surface area contributed by atoms with Crippen LogP contribution in [0.3, 0.4) is 0 Å². The molecule has 0 unspecified atom stereocenters. The summed E-state index contributed by atoms with van der Waals surface area (Å²) >= 11 is 0. The Balaban J connectivity index is 1.55. The van der Waals surface area contributed by atoms with Crippen molar-refractivity contribution < 1.29 is 27.2 Å². The minimum Gasteiger partial charge on any atom is -0.399 e. The summed E-state index contributed by atoms with van der Waals surface area (Å²) in [6.07, 6.45) is 0.478. The van der Waals surface area contributed by atoms with Gasteiger partial charge in [-0.2, -0.15) is 5.10 Å². The summed E-state index contributed by atoms with van der Waals surface area (Å²) in [5.41, 5.74) is 0.255. The van der Waals surface area contributed by atoms with Gasteiger partial charge in [-0.05, 0) is 58.0 Å². The fraction of sp³-hybridized carbons (Fsp3) is 0.571. The van der Waals surface area contributed by atoms with E-state index < -0.39 is 50.2 Å². The van der Waals surface area contributed by atoms with Crippen molar-refractivity contribution in [3.05, 3.63) is 47.7 Å². The summed E-state index contributed by atoms with van der Waals surface area (Å²) in [6, 6.07) is 5.43. The molecule has 0 radical (unpaired) electrons. The Bertz CT molecular complexity index is 1380. The molecule has 40 heavy (non-hydrogen) atoms. The van der Waals surface area contributed by atoms with Crippen molar-refractivity contribution in [1.29, 1.82) is 0 Å². The van der Waals surface area contributed by atoms with Crippen LogP contribution >= 0.6 is 0 Å². The molecule has 0 bridgehead atoms. The van der Waals surface area contributed by atoms with Gasteiger partial charge in [-0.25, -0.2) is 22.8 Å². The maximum Gasteiger partial charge on any atom is 0.496 e. The van der Waals surface area contributed by atoms with E-state index >= 15 is 0 Å². The number of benzene rings is 1. The Hall–Kier alpha value is -2.41. The zero-order valence-electron chi connectivity index (χ0n) is 24.3. The molecule has 2 aliphatic heterocycles. The molecule has 2 saturated heterocycles. The van der Waals surface area contributed by atoms with E-state index in [0.717, 1.165) is 24.2 Å². The van der Waals surface area contributed by atoms with Gasteiger partial charge >= 0.3 is 7.12 Å². The SMILES string of the molecule is CC1(C)OB(c2cnc3c(c2)c(N2C[C@@H](F)C[C@@H]2c2cc(F)ccc2F)nn3COCC[Si](C)(C)C)OC1(C)C. The first-order chi connectivity index (χ1) is 18.6. The Morgan fingerprint density at radius 3 is 2.48 bits per heavy atom. The van der Waals surface area contributed by atoms with Gasteiger partial charge in [0.05, 0.1) is 29.2 Å². The van der Waals surface area contributed by atoms with Crippen LogP contribution in [0.15, 0.2) is 30.5 Å². The fourth-order valence-electron chi connectivity index (χ4n) is 5.08. The van der Waals surface area contributed by atoms with Crippen LogP contribution in [0.2, 0.25) is 25.7 Å². The highest BCUT2D eigenvalue weighted by Gasteiger charge is 2.52. The molecule has 3 aromatic rings. The van der Waals surface area contributed by atoms with Crippen molar-refractivity contribution in [2.24, 2.45) is 0 Å². The Labute approximate surface area is 235 Å². The molecule has 2 atom stereocenters. The van der Waals surface area contributed by atoms with E-state index in [1.165, 1.54) is 0 Å². The van der Waals surface area contributed by atoms with Gasteiger partial charge < -0.3 is 18.9 Å². The number of fused-ring (bicyclic) bond motifs is 1. The van der Waals surface area contributed by atoms with Crippen molar-refractivity contribution in [2.45, 2.75) is 89.9 Å². The quantitative estimate of drug-likeness (QED) is 0.258. The molecule has 12 heteroatoms. The lowest BCUT2D eigenvalue weighted by atomic mass is 9.80. The highest BCUT2D eigenvalue weighted by Crippen LogP contribution is 2.41.